The minimum absolute atomic E-state index is 0.0730. The highest BCUT2D eigenvalue weighted by Crippen LogP contribution is 2.18. The molecular formula is C64H120O6. The maximum atomic E-state index is 12.8. The molecule has 0 aliphatic heterocycles. The van der Waals surface area contributed by atoms with E-state index in [4.69, 9.17) is 14.2 Å². The van der Waals surface area contributed by atoms with Gasteiger partial charge in [-0.2, -0.15) is 0 Å². The summed E-state index contributed by atoms with van der Waals surface area (Å²) in [5, 5.41) is 0. The van der Waals surface area contributed by atoms with Gasteiger partial charge in [0, 0.05) is 19.3 Å². The second kappa shape index (κ2) is 59.5. The molecule has 0 aromatic rings. The van der Waals surface area contributed by atoms with Crippen molar-refractivity contribution in [1.29, 1.82) is 0 Å². The van der Waals surface area contributed by atoms with Gasteiger partial charge in [-0.05, 0) is 64.2 Å². The lowest BCUT2D eigenvalue weighted by molar-refractivity contribution is -0.167. The molecule has 0 saturated carbocycles. The Morgan fingerprint density at radius 1 is 0.271 bits per heavy atom. The Morgan fingerprint density at radius 2 is 0.500 bits per heavy atom. The maximum absolute atomic E-state index is 12.8. The Morgan fingerprint density at radius 3 is 0.771 bits per heavy atom. The second-order valence-electron chi connectivity index (χ2n) is 21.3. The van der Waals surface area contributed by atoms with Crippen LogP contribution in [0.1, 0.15) is 348 Å². The molecule has 0 saturated heterocycles. The molecule has 0 heterocycles. The zero-order valence-electron chi connectivity index (χ0n) is 47.3. The van der Waals surface area contributed by atoms with Gasteiger partial charge < -0.3 is 14.2 Å². The van der Waals surface area contributed by atoms with E-state index in [1.807, 2.05) is 0 Å². The zero-order valence-corrected chi connectivity index (χ0v) is 47.3. The SMILES string of the molecule is CCC/C=C\CCCCCCCC(=O)OCC(COC(=O)CCCCCCCCCCCCCCCCCCCCCCCCCCCCC)OC(=O)CCCCCCC/C=C\CCCCCCCC. The van der Waals surface area contributed by atoms with Gasteiger partial charge in [-0.15, -0.1) is 0 Å². The summed E-state index contributed by atoms with van der Waals surface area (Å²) in [6.45, 7) is 6.61. The first-order chi connectivity index (χ1) is 34.5. The van der Waals surface area contributed by atoms with Gasteiger partial charge in [0.25, 0.3) is 0 Å². The average molecular weight is 986 g/mol. The van der Waals surface area contributed by atoms with E-state index in [0.717, 1.165) is 77.0 Å². The van der Waals surface area contributed by atoms with Crippen molar-refractivity contribution in [3.63, 3.8) is 0 Å². The highest BCUT2D eigenvalue weighted by molar-refractivity contribution is 5.71. The molecule has 0 aromatic carbocycles. The van der Waals surface area contributed by atoms with Crippen LogP contribution in [0.15, 0.2) is 24.3 Å². The normalized spacial score (nSPS) is 12.1. The van der Waals surface area contributed by atoms with Crippen molar-refractivity contribution >= 4 is 17.9 Å². The molecule has 0 aliphatic carbocycles. The predicted octanol–water partition coefficient (Wildman–Crippen LogP) is 21.1. The minimum Gasteiger partial charge on any atom is -0.462 e. The third kappa shape index (κ3) is 56.8. The number of carbonyl (C=O) groups is 3. The van der Waals surface area contributed by atoms with Gasteiger partial charge in [-0.3, -0.25) is 14.4 Å². The Kier molecular flexibility index (Phi) is 57.7. The monoisotopic (exact) mass is 985 g/mol. The van der Waals surface area contributed by atoms with Crippen LogP contribution >= 0.6 is 0 Å². The summed E-state index contributed by atoms with van der Waals surface area (Å²) in [6.07, 6.45) is 70.6. The number of ether oxygens (including phenoxy) is 3. The molecule has 6 nitrogen and oxygen atoms in total. The Hall–Kier alpha value is -2.11. The number of hydrogen-bond donors (Lipinski definition) is 0. The van der Waals surface area contributed by atoms with Crippen LogP contribution in [0.3, 0.4) is 0 Å². The molecule has 70 heavy (non-hydrogen) atoms. The summed E-state index contributed by atoms with van der Waals surface area (Å²) in [4.78, 5) is 38.1. The van der Waals surface area contributed by atoms with Gasteiger partial charge in [0.2, 0.25) is 0 Å². The lowest BCUT2D eigenvalue weighted by Crippen LogP contribution is -2.30. The summed E-state index contributed by atoms with van der Waals surface area (Å²) >= 11 is 0. The highest BCUT2D eigenvalue weighted by atomic mass is 16.6. The van der Waals surface area contributed by atoms with Crippen LogP contribution in [0, 0.1) is 0 Å². The third-order valence-corrected chi connectivity index (χ3v) is 14.2. The van der Waals surface area contributed by atoms with Crippen molar-refractivity contribution in [2.45, 2.75) is 354 Å². The van der Waals surface area contributed by atoms with Crippen LogP contribution in [0.25, 0.3) is 0 Å². The first kappa shape index (κ1) is 67.9. The number of allylic oxidation sites excluding steroid dienone is 4. The van der Waals surface area contributed by atoms with Crippen LogP contribution in [-0.2, 0) is 28.6 Å². The molecule has 0 amide bonds. The summed E-state index contributed by atoms with van der Waals surface area (Å²) in [6, 6.07) is 0. The molecule has 0 aromatic heterocycles. The van der Waals surface area contributed by atoms with Gasteiger partial charge in [-0.25, -0.2) is 0 Å². The van der Waals surface area contributed by atoms with Gasteiger partial charge in [0.15, 0.2) is 6.10 Å². The molecule has 0 bridgehead atoms. The zero-order chi connectivity index (χ0) is 50.7. The fraction of sp³-hybridized carbons (Fsp3) is 0.891. The first-order valence-corrected chi connectivity index (χ1v) is 31.3. The van der Waals surface area contributed by atoms with Crippen molar-refractivity contribution < 1.29 is 28.6 Å². The van der Waals surface area contributed by atoms with E-state index in [-0.39, 0.29) is 31.1 Å². The molecule has 0 aliphatic rings. The average Bonchev–Trinajstić information content (AvgIpc) is 3.36. The van der Waals surface area contributed by atoms with Crippen LogP contribution in [0.2, 0.25) is 0 Å². The smallest absolute Gasteiger partial charge is 0.306 e. The predicted molar refractivity (Wildman–Crippen MR) is 303 cm³/mol. The highest BCUT2D eigenvalue weighted by Gasteiger charge is 2.19. The summed E-state index contributed by atoms with van der Waals surface area (Å²) in [5.74, 6) is -0.872. The van der Waals surface area contributed by atoms with Crippen molar-refractivity contribution in [1.82, 2.24) is 0 Å². The maximum Gasteiger partial charge on any atom is 0.306 e. The number of carbonyl (C=O) groups excluding carboxylic acids is 3. The van der Waals surface area contributed by atoms with E-state index in [9.17, 15) is 14.4 Å². The van der Waals surface area contributed by atoms with E-state index in [1.165, 1.54) is 231 Å². The molecule has 6 heteroatoms. The lowest BCUT2D eigenvalue weighted by atomic mass is 10.0. The standard InChI is InChI=1S/C64H120O6/c1-4-7-10-13-16-19-22-24-26-27-28-29-30-31-32-33-34-35-36-37-39-40-42-45-48-51-54-57-63(66)69-60-61(59-68-62(65)56-53-50-47-44-21-18-15-12-9-6-3)70-64(67)58-55-52-49-46-43-41-38-25-23-20-17-14-11-8-5-2/h12,15,25,38,61H,4-11,13-14,16-24,26-37,39-60H2,1-3H3/b15-12-,38-25-. The molecule has 0 rings (SSSR count). The molecule has 412 valence electrons. The molecule has 0 N–H and O–H groups in total. The fourth-order valence-electron chi connectivity index (χ4n) is 9.44. The van der Waals surface area contributed by atoms with Gasteiger partial charge in [0.1, 0.15) is 13.2 Å². The van der Waals surface area contributed by atoms with Crippen LogP contribution < -0.4 is 0 Å². The Bertz CT molecular complexity index is 1130. The number of hydrogen-bond acceptors (Lipinski definition) is 6. The molecule has 0 fully saturated rings. The first-order valence-electron chi connectivity index (χ1n) is 31.3. The number of unbranched alkanes of at least 4 members (excludes halogenated alkanes) is 43. The van der Waals surface area contributed by atoms with Crippen molar-refractivity contribution in [2.75, 3.05) is 13.2 Å². The van der Waals surface area contributed by atoms with E-state index < -0.39 is 6.10 Å². The van der Waals surface area contributed by atoms with Crippen molar-refractivity contribution in [2.24, 2.45) is 0 Å². The van der Waals surface area contributed by atoms with E-state index in [2.05, 4.69) is 45.1 Å². The number of esters is 3. The minimum atomic E-state index is -0.775. The second-order valence-corrected chi connectivity index (χ2v) is 21.3. The van der Waals surface area contributed by atoms with E-state index >= 15 is 0 Å². The quantitative estimate of drug-likeness (QED) is 0.0261. The van der Waals surface area contributed by atoms with E-state index in [1.54, 1.807) is 0 Å². The van der Waals surface area contributed by atoms with E-state index in [0.29, 0.717) is 19.3 Å². The van der Waals surface area contributed by atoms with Crippen molar-refractivity contribution in [3.8, 4) is 0 Å². The largest absolute Gasteiger partial charge is 0.462 e. The van der Waals surface area contributed by atoms with Crippen LogP contribution in [0.4, 0.5) is 0 Å². The number of rotatable bonds is 58. The summed E-state index contributed by atoms with van der Waals surface area (Å²) in [5.41, 5.74) is 0. The van der Waals surface area contributed by atoms with Crippen molar-refractivity contribution in [3.05, 3.63) is 24.3 Å². The van der Waals surface area contributed by atoms with Gasteiger partial charge in [-0.1, -0.05) is 289 Å². The van der Waals surface area contributed by atoms with Gasteiger partial charge >= 0.3 is 17.9 Å². The Balaban J connectivity index is 4.12. The fourth-order valence-corrected chi connectivity index (χ4v) is 9.44. The summed E-state index contributed by atoms with van der Waals surface area (Å²) < 4.78 is 16.9. The molecule has 1 unspecified atom stereocenters. The molecule has 0 radical (unpaired) electrons. The topological polar surface area (TPSA) is 78.9 Å². The van der Waals surface area contributed by atoms with Crippen LogP contribution in [0.5, 0.6) is 0 Å². The summed E-state index contributed by atoms with van der Waals surface area (Å²) in [7, 11) is 0. The Labute approximate surface area is 436 Å². The third-order valence-electron chi connectivity index (χ3n) is 14.2. The molecular weight excluding hydrogens is 865 g/mol. The molecule has 1 atom stereocenters. The lowest BCUT2D eigenvalue weighted by Gasteiger charge is -2.18. The van der Waals surface area contributed by atoms with Crippen LogP contribution in [-0.4, -0.2) is 37.2 Å². The molecule has 0 spiro atoms. The van der Waals surface area contributed by atoms with Gasteiger partial charge in [0.05, 0.1) is 0 Å².